The Labute approximate surface area is 248 Å². The van der Waals surface area contributed by atoms with Gasteiger partial charge in [-0.2, -0.15) is 0 Å². The van der Waals surface area contributed by atoms with Gasteiger partial charge in [0.2, 0.25) is 0 Å². The van der Waals surface area contributed by atoms with Gasteiger partial charge in [-0.3, -0.25) is 0 Å². The average Bonchev–Trinajstić information content (AvgIpc) is 3.58. The molecule has 1 unspecified atom stereocenters. The van der Waals surface area contributed by atoms with Gasteiger partial charge in [0.15, 0.2) is 0 Å². The molecule has 0 heterocycles. The molecular weight excluding hydrogens is 560 g/mol. The standard InChI is InChI=1S/C21H25.C13H10.C5H5.Zr/c1-20(2,3)15-11-10-14-12-18-16(17(14)13-15)8-7-9-19(18)21(4,5)6;1-3-7-12(8-4-1)11-13-9-5-2-6-10-13;1-2-4-5-3-1;/h7-13H,1-6H3;1-10H;1-3H,4H2;. The van der Waals surface area contributed by atoms with Crippen LogP contribution in [0.2, 0.25) is 0 Å². The number of allylic oxidation sites excluding steroid dienone is 4. The average molecular weight is 600 g/mol. The Morgan fingerprint density at radius 1 is 0.675 bits per heavy atom. The molecule has 4 aromatic carbocycles. The molecular formula is C39H40Zr. The molecule has 0 saturated carbocycles. The van der Waals surface area contributed by atoms with Crippen LogP contribution in [0.5, 0.6) is 0 Å². The van der Waals surface area contributed by atoms with Crippen LogP contribution >= 0.6 is 0 Å². The summed E-state index contributed by atoms with van der Waals surface area (Å²) in [7, 11) is 0. The Kier molecular flexibility index (Phi) is 7.17. The topological polar surface area (TPSA) is 0 Å². The molecule has 0 radical (unpaired) electrons. The van der Waals surface area contributed by atoms with Crippen LogP contribution in [0.15, 0.2) is 119 Å². The van der Waals surface area contributed by atoms with E-state index in [1.807, 2.05) is 0 Å². The van der Waals surface area contributed by atoms with Gasteiger partial charge in [0.25, 0.3) is 0 Å². The minimum atomic E-state index is -2.67. The summed E-state index contributed by atoms with van der Waals surface area (Å²) in [5.41, 5.74) is 12.0. The summed E-state index contributed by atoms with van der Waals surface area (Å²) in [6.07, 6.45) is 8.23. The molecule has 1 heteroatoms. The predicted molar refractivity (Wildman–Crippen MR) is 169 cm³/mol. The molecule has 4 aromatic rings. The van der Waals surface area contributed by atoms with Crippen molar-refractivity contribution >= 4 is 3.21 Å². The Morgan fingerprint density at radius 2 is 1.32 bits per heavy atom. The Balaban J connectivity index is 1.76. The summed E-state index contributed by atoms with van der Waals surface area (Å²) in [5, 5.41) is 0. The quantitative estimate of drug-likeness (QED) is 0.219. The van der Waals surface area contributed by atoms with E-state index < -0.39 is 21.3 Å². The van der Waals surface area contributed by atoms with E-state index >= 15 is 0 Å². The molecule has 0 bridgehead atoms. The summed E-state index contributed by atoms with van der Waals surface area (Å²) < 4.78 is 3.74. The monoisotopic (exact) mass is 598 g/mol. The number of fused-ring (bicyclic) bond motifs is 3. The van der Waals surface area contributed by atoms with Gasteiger partial charge >= 0.3 is 250 Å². The van der Waals surface area contributed by atoms with Gasteiger partial charge < -0.3 is 0 Å². The third kappa shape index (κ3) is 4.92. The van der Waals surface area contributed by atoms with Gasteiger partial charge in [0, 0.05) is 0 Å². The molecule has 0 aliphatic heterocycles. The second-order valence-electron chi connectivity index (χ2n) is 13.3. The van der Waals surface area contributed by atoms with Crippen LogP contribution in [0.3, 0.4) is 0 Å². The van der Waals surface area contributed by atoms with E-state index in [2.05, 4.69) is 157 Å². The molecule has 6 rings (SSSR count). The van der Waals surface area contributed by atoms with Gasteiger partial charge in [-0.15, -0.1) is 0 Å². The molecule has 0 aromatic heterocycles. The number of rotatable bonds is 4. The van der Waals surface area contributed by atoms with Crippen LogP contribution in [0.4, 0.5) is 0 Å². The first-order valence-electron chi connectivity index (χ1n) is 14.6. The molecule has 0 nitrogen and oxygen atoms in total. The van der Waals surface area contributed by atoms with Crippen molar-refractivity contribution in [1.82, 2.24) is 0 Å². The fourth-order valence-corrected chi connectivity index (χ4v) is 15.7. The first kappa shape index (κ1) is 27.3. The van der Waals surface area contributed by atoms with Crippen molar-refractivity contribution in [2.75, 3.05) is 0 Å². The molecule has 200 valence electrons. The van der Waals surface area contributed by atoms with Crippen molar-refractivity contribution < 1.29 is 21.3 Å². The van der Waals surface area contributed by atoms with Gasteiger partial charge in [-0.25, -0.2) is 0 Å². The first-order valence-corrected chi connectivity index (χ1v) is 18.5. The normalized spacial score (nSPS) is 15.9. The molecule has 0 amide bonds. The molecule has 2 aliphatic carbocycles. The van der Waals surface area contributed by atoms with E-state index in [1.54, 1.807) is 17.6 Å². The van der Waals surface area contributed by atoms with Crippen LogP contribution < -0.4 is 0 Å². The maximum atomic E-state index is 2.52. The summed E-state index contributed by atoms with van der Waals surface area (Å²) in [6.45, 7) is 14.2. The third-order valence-corrected chi connectivity index (χ3v) is 16.8. The number of hydrogen-bond donors (Lipinski definition) is 0. The SMILES string of the molecule is CC(C)(C)c1ccc2c(c1)-c1cccc(C(C)(C)C)c1[CH]2[Zr]([C]1=CC=CC1)=[C](c1ccccc1)c1ccccc1. The van der Waals surface area contributed by atoms with Gasteiger partial charge in [0.05, 0.1) is 0 Å². The zero-order valence-corrected chi connectivity index (χ0v) is 27.2. The molecule has 2 aliphatic rings. The van der Waals surface area contributed by atoms with E-state index in [9.17, 15) is 0 Å². The van der Waals surface area contributed by atoms with Crippen molar-refractivity contribution in [3.05, 3.63) is 152 Å². The molecule has 0 saturated heterocycles. The summed E-state index contributed by atoms with van der Waals surface area (Å²) in [5.74, 6) is 0. The third-order valence-electron chi connectivity index (χ3n) is 8.52. The van der Waals surface area contributed by atoms with E-state index in [1.165, 1.54) is 33.4 Å². The molecule has 40 heavy (non-hydrogen) atoms. The Bertz CT molecular complexity index is 1610. The first-order chi connectivity index (χ1) is 19.1. The zero-order valence-electron chi connectivity index (χ0n) is 24.8. The van der Waals surface area contributed by atoms with E-state index in [0.29, 0.717) is 3.63 Å². The maximum absolute atomic E-state index is 2.67. The van der Waals surface area contributed by atoms with Crippen LogP contribution in [-0.2, 0) is 32.1 Å². The fourth-order valence-electron chi connectivity index (χ4n) is 6.55. The number of benzene rings is 4. The van der Waals surface area contributed by atoms with Crippen LogP contribution in [0.25, 0.3) is 11.1 Å². The molecule has 1 atom stereocenters. The number of hydrogen-bond acceptors (Lipinski definition) is 0. The Morgan fingerprint density at radius 3 is 1.88 bits per heavy atom. The van der Waals surface area contributed by atoms with Crippen molar-refractivity contribution in [1.29, 1.82) is 0 Å². The second-order valence-corrected chi connectivity index (χ2v) is 19.6. The summed E-state index contributed by atoms with van der Waals surface area (Å²) in [4.78, 5) is 0. The molecule has 0 fully saturated rings. The molecule has 0 spiro atoms. The second kappa shape index (κ2) is 10.5. The van der Waals surface area contributed by atoms with E-state index in [4.69, 9.17) is 0 Å². The van der Waals surface area contributed by atoms with Crippen molar-refractivity contribution in [2.24, 2.45) is 0 Å². The fraction of sp³-hybridized carbons (Fsp3) is 0.256. The van der Waals surface area contributed by atoms with E-state index in [-0.39, 0.29) is 10.8 Å². The van der Waals surface area contributed by atoms with Crippen molar-refractivity contribution in [3.8, 4) is 11.1 Å². The minimum absolute atomic E-state index is 0.0642. The van der Waals surface area contributed by atoms with Crippen molar-refractivity contribution in [3.63, 3.8) is 0 Å². The van der Waals surface area contributed by atoms with Crippen LogP contribution in [0.1, 0.15) is 85.0 Å². The zero-order chi connectivity index (χ0) is 28.1. The summed E-state index contributed by atoms with van der Waals surface area (Å²) >= 11 is -2.67. The van der Waals surface area contributed by atoms with E-state index in [0.717, 1.165) is 6.42 Å². The van der Waals surface area contributed by atoms with Gasteiger partial charge in [0.1, 0.15) is 0 Å². The van der Waals surface area contributed by atoms with Gasteiger partial charge in [-0.1, -0.05) is 0 Å². The molecule has 0 N–H and O–H groups in total. The Hall–Kier alpha value is -2.89. The predicted octanol–water partition coefficient (Wildman–Crippen LogP) is 10.1. The van der Waals surface area contributed by atoms with Crippen molar-refractivity contribution in [2.45, 2.75) is 62.4 Å². The van der Waals surface area contributed by atoms with Gasteiger partial charge in [-0.05, 0) is 0 Å². The van der Waals surface area contributed by atoms with Crippen LogP contribution in [0, 0.1) is 0 Å². The van der Waals surface area contributed by atoms with Crippen LogP contribution in [-0.4, -0.2) is 3.21 Å². The summed E-state index contributed by atoms with van der Waals surface area (Å²) in [6, 6.07) is 37.1.